The van der Waals surface area contributed by atoms with E-state index in [2.05, 4.69) is 42.6 Å². The fourth-order valence-electron chi connectivity index (χ4n) is 3.06. The van der Waals surface area contributed by atoms with Crippen molar-refractivity contribution in [3.63, 3.8) is 0 Å². The van der Waals surface area contributed by atoms with E-state index in [-0.39, 0.29) is 6.04 Å². The molecule has 0 aliphatic carbocycles. The molecule has 0 amide bonds. The molecule has 1 atom stereocenters. The molecule has 3 nitrogen and oxygen atoms in total. The fourth-order valence-corrected chi connectivity index (χ4v) is 3.06. The molecule has 2 aromatic rings. The lowest BCUT2D eigenvalue weighted by molar-refractivity contribution is 0.385. The first kappa shape index (κ1) is 14.0. The summed E-state index contributed by atoms with van der Waals surface area (Å²) in [6, 6.07) is 12.9. The maximum atomic E-state index is 5.56. The fraction of sp³-hybridized carbons (Fsp3) is 0.333. The Morgan fingerprint density at radius 1 is 1.10 bits per heavy atom. The van der Waals surface area contributed by atoms with Gasteiger partial charge in [-0.15, -0.1) is 0 Å². The lowest BCUT2D eigenvalue weighted by Crippen LogP contribution is -2.31. The van der Waals surface area contributed by atoms with Gasteiger partial charge in [-0.05, 0) is 30.5 Å². The first-order valence-electron chi connectivity index (χ1n) is 7.27. The zero-order valence-electron chi connectivity index (χ0n) is 12.8. The summed E-state index contributed by atoms with van der Waals surface area (Å²) in [5.41, 5.74) is 5.09. The summed E-state index contributed by atoms with van der Waals surface area (Å²) < 4.78 is 11.0. The second-order valence-corrected chi connectivity index (χ2v) is 5.45. The summed E-state index contributed by atoms with van der Waals surface area (Å²) in [7, 11) is 3.41. The van der Waals surface area contributed by atoms with E-state index in [4.69, 9.17) is 9.47 Å². The van der Waals surface area contributed by atoms with Crippen LogP contribution >= 0.6 is 0 Å². The van der Waals surface area contributed by atoms with Crippen molar-refractivity contribution in [3.05, 3.63) is 58.7 Å². The number of benzene rings is 2. The Hall–Kier alpha value is -2.00. The maximum Gasteiger partial charge on any atom is 0.126 e. The molecule has 1 heterocycles. The maximum absolute atomic E-state index is 5.56. The van der Waals surface area contributed by atoms with Crippen LogP contribution in [0.2, 0.25) is 0 Å². The Bertz CT molecular complexity index is 652. The van der Waals surface area contributed by atoms with Crippen LogP contribution in [-0.2, 0) is 6.42 Å². The van der Waals surface area contributed by atoms with Gasteiger partial charge in [-0.3, -0.25) is 0 Å². The number of ether oxygens (including phenoxy) is 2. The van der Waals surface area contributed by atoms with Gasteiger partial charge in [0.2, 0.25) is 0 Å². The first-order chi connectivity index (χ1) is 10.2. The average molecular weight is 283 g/mol. The van der Waals surface area contributed by atoms with Gasteiger partial charge in [0, 0.05) is 18.2 Å². The van der Waals surface area contributed by atoms with Gasteiger partial charge in [0.05, 0.1) is 20.3 Å². The van der Waals surface area contributed by atoms with Crippen LogP contribution in [0.25, 0.3) is 0 Å². The summed E-state index contributed by atoms with van der Waals surface area (Å²) in [4.78, 5) is 0. The van der Waals surface area contributed by atoms with Crippen LogP contribution in [0.1, 0.15) is 28.3 Å². The summed E-state index contributed by atoms with van der Waals surface area (Å²) in [5, 5.41) is 3.61. The van der Waals surface area contributed by atoms with Crippen molar-refractivity contribution in [2.45, 2.75) is 19.4 Å². The van der Waals surface area contributed by atoms with Crippen molar-refractivity contribution in [3.8, 4) is 11.5 Å². The molecule has 2 aromatic carbocycles. The molecule has 1 aliphatic rings. The van der Waals surface area contributed by atoms with Crippen LogP contribution in [0.15, 0.2) is 36.4 Å². The molecule has 3 heteroatoms. The van der Waals surface area contributed by atoms with Crippen molar-refractivity contribution in [2.24, 2.45) is 0 Å². The Morgan fingerprint density at radius 2 is 1.95 bits per heavy atom. The molecular formula is C18H21NO2. The monoisotopic (exact) mass is 283 g/mol. The number of methoxy groups -OCH3 is 2. The quantitative estimate of drug-likeness (QED) is 0.938. The van der Waals surface area contributed by atoms with E-state index < -0.39 is 0 Å². The van der Waals surface area contributed by atoms with Gasteiger partial charge in [0.25, 0.3) is 0 Å². The van der Waals surface area contributed by atoms with Gasteiger partial charge in [0.15, 0.2) is 0 Å². The average Bonchev–Trinajstić information content (AvgIpc) is 2.53. The van der Waals surface area contributed by atoms with Crippen molar-refractivity contribution in [1.82, 2.24) is 5.32 Å². The molecule has 0 spiro atoms. The van der Waals surface area contributed by atoms with E-state index in [9.17, 15) is 0 Å². The molecule has 0 saturated heterocycles. The Balaban J connectivity index is 2.12. The molecule has 1 N–H and O–H groups in total. The molecule has 0 saturated carbocycles. The third kappa shape index (κ3) is 2.61. The van der Waals surface area contributed by atoms with E-state index in [1.807, 2.05) is 6.07 Å². The molecule has 21 heavy (non-hydrogen) atoms. The van der Waals surface area contributed by atoms with Crippen LogP contribution in [0.3, 0.4) is 0 Å². The molecule has 0 radical (unpaired) electrons. The van der Waals surface area contributed by atoms with Crippen molar-refractivity contribution in [1.29, 1.82) is 0 Å². The minimum Gasteiger partial charge on any atom is -0.497 e. The lowest BCUT2D eigenvalue weighted by Gasteiger charge is -2.29. The number of nitrogens with one attached hydrogen (secondary N) is 1. The van der Waals surface area contributed by atoms with E-state index in [1.165, 1.54) is 22.3 Å². The Labute approximate surface area is 125 Å². The summed E-state index contributed by atoms with van der Waals surface area (Å²) in [5.74, 6) is 1.76. The third-order valence-electron chi connectivity index (χ3n) is 4.08. The van der Waals surface area contributed by atoms with Gasteiger partial charge in [-0.1, -0.05) is 29.8 Å². The van der Waals surface area contributed by atoms with E-state index in [0.717, 1.165) is 24.5 Å². The number of aryl methyl sites for hydroxylation is 1. The first-order valence-corrected chi connectivity index (χ1v) is 7.27. The molecule has 0 fully saturated rings. The minimum atomic E-state index is 0.192. The molecular weight excluding hydrogens is 262 g/mol. The molecule has 1 aliphatic heterocycles. The summed E-state index contributed by atoms with van der Waals surface area (Å²) >= 11 is 0. The topological polar surface area (TPSA) is 30.5 Å². The standard InChI is InChI=1S/C18H21NO2/c1-12-5-4-6-13(9-12)18-16-10-14(20-2)11-17(21-3)15(16)7-8-19-18/h4-6,9-11,18-19H,7-8H2,1-3H3. The number of hydrogen-bond acceptors (Lipinski definition) is 3. The van der Waals surface area contributed by atoms with Crippen LogP contribution in [0.4, 0.5) is 0 Å². The predicted molar refractivity (Wildman–Crippen MR) is 84.3 cm³/mol. The highest BCUT2D eigenvalue weighted by Crippen LogP contribution is 2.37. The highest BCUT2D eigenvalue weighted by Gasteiger charge is 2.25. The van der Waals surface area contributed by atoms with Gasteiger partial charge in [-0.2, -0.15) is 0 Å². The second kappa shape index (κ2) is 5.78. The van der Waals surface area contributed by atoms with E-state index in [0.29, 0.717) is 0 Å². The lowest BCUT2D eigenvalue weighted by atomic mass is 9.88. The highest BCUT2D eigenvalue weighted by atomic mass is 16.5. The van der Waals surface area contributed by atoms with Crippen molar-refractivity contribution >= 4 is 0 Å². The molecule has 0 aromatic heterocycles. The Kier molecular flexibility index (Phi) is 3.84. The highest BCUT2D eigenvalue weighted by molar-refractivity contribution is 5.52. The van der Waals surface area contributed by atoms with Crippen LogP contribution < -0.4 is 14.8 Å². The van der Waals surface area contributed by atoms with E-state index >= 15 is 0 Å². The zero-order chi connectivity index (χ0) is 14.8. The van der Waals surface area contributed by atoms with Gasteiger partial charge < -0.3 is 14.8 Å². The van der Waals surface area contributed by atoms with Crippen molar-refractivity contribution in [2.75, 3.05) is 20.8 Å². The van der Waals surface area contributed by atoms with Gasteiger partial charge in [0.1, 0.15) is 11.5 Å². The SMILES string of the molecule is COc1cc(OC)c2c(c1)C(c1cccc(C)c1)NCC2. The Morgan fingerprint density at radius 3 is 2.67 bits per heavy atom. The third-order valence-corrected chi connectivity index (χ3v) is 4.08. The minimum absolute atomic E-state index is 0.192. The largest absolute Gasteiger partial charge is 0.497 e. The molecule has 3 rings (SSSR count). The van der Waals surface area contributed by atoms with Crippen molar-refractivity contribution < 1.29 is 9.47 Å². The number of rotatable bonds is 3. The smallest absolute Gasteiger partial charge is 0.126 e. The van der Waals surface area contributed by atoms with Crippen LogP contribution in [0.5, 0.6) is 11.5 Å². The van der Waals surface area contributed by atoms with Gasteiger partial charge >= 0.3 is 0 Å². The normalized spacial score (nSPS) is 17.2. The van der Waals surface area contributed by atoms with Crippen LogP contribution in [-0.4, -0.2) is 20.8 Å². The molecule has 110 valence electrons. The molecule has 1 unspecified atom stereocenters. The number of hydrogen-bond donors (Lipinski definition) is 1. The second-order valence-electron chi connectivity index (χ2n) is 5.45. The van der Waals surface area contributed by atoms with Gasteiger partial charge in [-0.25, -0.2) is 0 Å². The van der Waals surface area contributed by atoms with Crippen LogP contribution in [0, 0.1) is 6.92 Å². The summed E-state index contributed by atoms with van der Waals surface area (Å²) in [6.45, 7) is 3.08. The summed E-state index contributed by atoms with van der Waals surface area (Å²) in [6.07, 6.45) is 0.977. The predicted octanol–water partition coefficient (Wildman–Crippen LogP) is 3.25. The van der Waals surface area contributed by atoms with E-state index in [1.54, 1.807) is 14.2 Å². The molecule has 0 bridgehead atoms. The zero-order valence-corrected chi connectivity index (χ0v) is 12.8. The number of fused-ring (bicyclic) bond motifs is 1.